The first-order chi connectivity index (χ1) is 8.00. The molecule has 0 spiro atoms. The second-order valence-electron chi connectivity index (χ2n) is 5.15. The third kappa shape index (κ3) is 2.64. The Morgan fingerprint density at radius 1 is 1.53 bits per heavy atom. The van der Waals surface area contributed by atoms with E-state index in [-0.39, 0.29) is 11.9 Å². The molecule has 0 saturated carbocycles. The Morgan fingerprint density at radius 3 is 2.88 bits per heavy atom. The lowest BCUT2D eigenvalue weighted by atomic mass is 9.82. The fraction of sp³-hybridized carbons (Fsp3) is 0.615. The maximum Gasteiger partial charge on any atom is 0.141 e. The average Bonchev–Trinajstić information content (AvgIpc) is 2.29. The van der Waals surface area contributed by atoms with Crippen LogP contribution >= 0.6 is 0 Å². The summed E-state index contributed by atoms with van der Waals surface area (Å²) < 4.78 is 12.8. The molecular weight excluding hydrogens is 219 g/mol. The molecule has 3 nitrogen and oxygen atoms in total. The van der Waals surface area contributed by atoms with Crippen LogP contribution in [-0.4, -0.2) is 22.7 Å². The highest BCUT2D eigenvalue weighted by Crippen LogP contribution is 2.29. The van der Waals surface area contributed by atoms with Crippen molar-refractivity contribution in [1.29, 1.82) is 0 Å². The van der Waals surface area contributed by atoms with E-state index in [9.17, 15) is 9.50 Å². The summed E-state index contributed by atoms with van der Waals surface area (Å²) in [4.78, 5) is 3.99. The summed E-state index contributed by atoms with van der Waals surface area (Å²) in [5.41, 5.74) is -0.534. The molecule has 0 aromatic carbocycles. The van der Waals surface area contributed by atoms with E-state index in [0.717, 1.165) is 25.6 Å². The molecule has 0 aliphatic carbocycles. The van der Waals surface area contributed by atoms with Crippen molar-refractivity contribution in [2.75, 3.05) is 6.54 Å². The van der Waals surface area contributed by atoms with Gasteiger partial charge in [-0.1, -0.05) is 6.92 Å². The number of nitrogens with one attached hydrogen (secondary N) is 1. The third-order valence-corrected chi connectivity index (χ3v) is 3.59. The van der Waals surface area contributed by atoms with Gasteiger partial charge in [-0.15, -0.1) is 0 Å². The number of pyridine rings is 1. The van der Waals surface area contributed by atoms with Crippen molar-refractivity contribution in [1.82, 2.24) is 10.3 Å². The molecule has 2 rings (SSSR count). The number of rotatable bonds is 2. The zero-order chi connectivity index (χ0) is 12.5. The Bertz CT molecular complexity index is 378. The smallest absolute Gasteiger partial charge is 0.141 e. The first-order valence-corrected chi connectivity index (χ1v) is 6.08. The molecule has 1 aliphatic heterocycles. The molecule has 2 N–H and O–H groups in total. The van der Waals surface area contributed by atoms with Gasteiger partial charge in [0.05, 0.1) is 11.9 Å². The summed E-state index contributed by atoms with van der Waals surface area (Å²) in [6.07, 6.45) is 3.19. The summed E-state index contributed by atoms with van der Waals surface area (Å²) in [6.45, 7) is 4.83. The topological polar surface area (TPSA) is 45.1 Å². The van der Waals surface area contributed by atoms with Gasteiger partial charge in [-0.3, -0.25) is 4.98 Å². The fourth-order valence-electron chi connectivity index (χ4n) is 2.39. The third-order valence-electron chi connectivity index (χ3n) is 3.59. The van der Waals surface area contributed by atoms with Crippen molar-refractivity contribution in [3.8, 4) is 0 Å². The molecule has 4 heteroatoms. The summed E-state index contributed by atoms with van der Waals surface area (Å²) >= 11 is 0. The Balaban J connectivity index is 2.19. The van der Waals surface area contributed by atoms with Gasteiger partial charge in [-0.2, -0.15) is 0 Å². The molecule has 1 aliphatic rings. The van der Waals surface area contributed by atoms with E-state index in [1.807, 2.05) is 0 Å². The molecule has 0 radical (unpaired) electrons. The predicted octanol–water partition coefficient (Wildman–Crippen LogP) is 1.82. The van der Waals surface area contributed by atoms with Crippen molar-refractivity contribution in [3.63, 3.8) is 0 Å². The molecule has 1 fully saturated rings. The molecule has 3 unspecified atom stereocenters. The maximum atomic E-state index is 12.8. The number of hydrogen-bond acceptors (Lipinski definition) is 3. The van der Waals surface area contributed by atoms with Crippen LogP contribution in [0, 0.1) is 11.7 Å². The van der Waals surface area contributed by atoms with Crippen LogP contribution in [0.2, 0.25) is 0 Å². The van der Waals surface area contributed by atoms with Crippen LogP contribution in [0.3, 0.4) is 0 Å². The quantitative estimate of drug-likeness (QED) is 0.826. The standard InChI is InChI=1S/C13H19FN2O/c1-9-5-6-15-12(7-9)13(2,17)11-4-3-10(14)8-16-11/h3-4,8-9,12,15,17H,5-7H2,1-2H3. The van der Waals surface area contributed by atoms with Gasteiger partial charge in [-0.05, 0) is 44.4 Å². The van der Waals surface area contributed by atoms with Gasteiger partial charge in [0.15, 0.2) is 0 Å². The number of aliphatic hydroxyl groups is 1. The highest BCUT2D eigenvalue weighted by atomic mass is 19.1. The first kappa shape index (κ1) is 12.5. The molecule has 1 aromatic rings. The molecular formula is C13H19FN2O. The number of nitrogens with zero attached hydrogens (tertiary/aromatic N) is 1. The van der Waals surface area contributed by atoms with E-state index < -0.39 is 5.60 Å². The van der Waals surface area contributed by atoms with Gasteiger partial charge in [-0.25, -0.2) is 4.39 Å². The highest BCUT2D eigenvalue weighted by Gasteiger charge is 2.37. The fourth-order valence-corrected chi connectivity index (χ4v) is 2.39. The second-order valence-corrected chi connectivity index (χ2v) is 5.15. The first-order valence-electron chi connectivity index (χ1n) is 6.08. The van der Waals surface area contributed by atoms with Gasteiger partial charge >= 0.3 is 0 Å². The van der Waals surface area contributed by atoms with Crippen LogP contribution < -0.4 is 5.32 Å². The molecule has 0 amide bonds. The molecule has 1 saturated heterocycles. The summed E-state index contributed by atoms with van der Waals surface area (Å²) in [5, 5.41) is 13.9. The minimum absolute atomic E-state index is 0.0239. The van der Waals surface area contributed by atoms with E-state index in [0.29, 0.717) is 11.6 Å². The van der Waals surface area contributed by atoms with Gasteiger partial charge in [0.25, 0.3) is 0 Å². The molecule has 2 heterocycles. The average molecular weight is 238 g/mol. The number of piperidine rings is 1. The lowest BCUT2D eigenvalue weighted by molar-refractivity contribution is -0.00521. The molecule has 3 atom stereocenters. The van der Waals surface area contributed by atoms with E-state index in [1.54, 1.807) is 13.0 Å². The van der Waals surface area contributed by atoms with E-state index in [2.05, 4.69) is 17.2 Å². The lowest BCUT2D eigenvalue weighted by Gasteiger charge is -2.38. The number of halogens is 1. The Kier molecular flexibility index (Phi) is 3.45. The van der Waals surface area contributed by atoms with Crippen molar-refractivity contribution < 1.29 is 9.50 Å². The molecule has 1 aromatic heterocycles. The predicted molar refractivity (Wildman–Crippen MR) is 64.0 cm³/mol. The van der Waals surface area contributed by atoms with Crippen LogP contribution in [0.15, 0.2) is 18.3 Å². The van der Waals surface area contributed by atoms with Crippen molar-refractivity contribution in [2.24, 2.45) is 5.92 Å². The monoisotopic (exact) mass is 238 g/mol. The molecule has 17 heavy (non-hydrogen) atoms. The molecule has 0 bridgehead atoms. The van der Waals surface area contributed by atoms with Crippen LogP contribution in [0.1, 0.15) is 32.4 Å². The number of aromatic nitrogens is 1. The van der Waals surface area contributed by atoms with Gasteiger partial charge in [0, 0.05) is 6.04 Å². The van der Waals surface area contributed by atoms with E-state index in [1.165, 1.54) is 6.07 Å². The van der Waals surface area contributed by atoms with Crippen LogP contribution in [0.4, 0.5) is 4.39 Å². The van der Waals surface area contributed by atoms with Crippen LogP contribution in [0.25, 0.3) is 0 Å². The summed E-state index contributed by atoms with van der Waals surface area (Å²) in [6, 6.07) is 2.86. The van der Waals surface area contributed by atoms with Crippen molar-refractivity contribution >= 4 is 0 Å². The van der Waals surface area contributed by atoms with Crippen LogP contribution in [-0.2, 0) is 5.60 Å². The zero-order valence-corrected chi connectivity index (χ0v) is 10.3. The number of hydrogen-bond donors (Lipinski definition) is 2. The highest BCUT2D eigenvalue weighted by molar-refractivity contribution is 5.16. The summed E-state index contributed by atoms with van der Waals surface area (Å²) in [7, 11) is 0. The second kappa shape index (κ2) is 4.70. The summed E-state index contributed by atoms with van der Waals surface area (Å²) in [5.74, 6) is 0.211. The zero-order valence-electron chi connectivity index (χ0n) is 10.3. The minimum Gasteiger partial charge on any atom is -0.382 e. The van der Waals surface area contributed by atoms with Gasteiger partial charge < -0.3 is 10.4 Å². The van der Waals surface area contributed by atoms with Crippen molar-refractivity contribution in [2.45, 2.75) is 38.3 Å². The Hall–Kier alpha value is -1.00. The largest absolute Gasteiger partial charge is 0.382 e. The van der Waals surface area contributed by atoms with Crippen LogP contribution in [0.5, 0.6) is 0 Å². The van der Waals surface area contributed by atoms with Gasteiger partial charge in [0.1, 0.15) is 11.4 Å². The SMILES string of the molecule is CC1CCNC(C(C)(O)c2ccc(F)cn2)C1. The van der Waals surface area contributed by atoms with Crippen molar-refractivity contribution in [3.05, 3.63) is 29.8 Å². The maximum absolute atomic E-state index is 12.8. The van der Waals surface area contributed by atoms with E-state index >= 15 is 0 Å². The van der Waals surface area contributed by atoms with Gasteiger partial charge in [0.2, 0.25) is 0 Å². The lowest BCUT2D eigenvalue weighted by Crippen LogP contribution is -2.51. The Morgan fingerprint density at radius 2 is 2.29 bits per heavy atom. The minimum atomic E-state index is -1.05. The van der Waals surface area contributed by atoms with E-state index in [4.69, 9.17) is 0 Å². The Labute approximate surface area is 101 Å². The normalized spacial score (nSPS) is 28.7. The molecule has 94 valence electrons.